The Hall–Kier alpha value is -3.35. The normalized spacial score (nSPS) is 14.5. The number of carbonyl (C=O) groups excluding carboxylic acids is 3. The molecule has 174 valence electrons. The molecule has 1 heterocycles. The molecule has 1 fully saturated rings. The number of rotatable bonds is 8. The van der Waals surface area contributed by atoms with Crippen molar-refractivity contribution in [3.05, 3.63) is 41.6 Å². The zero-order valence-corrected chi connectivity index (χ0v) is 19.2. The highest BCUT2D eigenvalue weighted by Crippen LogP contribution is 2.41. The summed E-state index contributed by atoms with van der Waals surface area (Å²) in [4.78, 5) is 36.9. The van der Waals surface area contributed by atoms with E-state index in [1.807, 2.05) is 37.3 Å². The molecular formula is C26H30N2O5. The molecule has 0 atom stereocenters. The topological polar surface area (TPSA) is 101 Å². The largest absolute Gasteiger partial charge is 0.481 e. The smallest absolute Gasteiger partial charge is 0.343 e. The van der Waals surface area contributed by atoms with Crippen molar-refractivity contribution in [2.24, 2.45) is 11.7 Å². The van der Waals surface area contributed by atoms with Gasteiger partial charge in [0.1, 0.15) is 5.75 Å². The second kappa shape index (κ2) is 9.65. The van der Waals surface area contributed by atoms with Crippen molar-refractivity contribution in [3.63, 3.8) is 0 Å². The summed E-state index contributed by atoms with van der Waals surface area (Å²) in [5.74, 6) is -1.41. The van der Waals surface area contributed by atoms with Crippen molar-refractivity contribution in [1.29, 1.82) is 0 Å². The van der Waals surface area contributed by atoms with E-state index in [1.54, 1.807) is 0 Å². The molecule has 33 heavy (non-hydrogen) atoms. The molecule has 0 aliphatic heterocycles. The average molecular weight is 451 g/mol. The molecule has 1 aromatic heterocycles. The third-order valence-electron chi connectivity index (χ3n) is 6.64. The van der Waals surface area contributed by atoms with Crippen LogP contribution in [0, 0.1) is 5.92 Å². The monoisotopic (exact) mass is 450 g/mol. The van der Waals surface area contributed by atoms with Crippen LogP contribution in [0.1, 0.15) is 55.1 Å². The van der Waals surface area contributed by atoms with Gasteiger partial charge in [-0.3, -0.25) is 9.59 Å². The van der Waals surface area contributed by atoms with Crippen LogP contribution in [0.3, 0.4) is 0 Å². The van der Waals surface area contributed by atoms with Crippen molar-refractivity contribution in [1.82, 2.24) is 4.57 Å². The molecule has 0 radical (unpaired) electrons. The summed E-state index contributed by atoms with van der Waals surface area (Å²) >= 11 is 0. The van der Waals surface area contributed by atoms with Crippen molar-refractivity contribution in [2.75, 3.05) is 13.7 Å². The fourth-order valence-electron chi connectivity index (χ4n) is 5.11. The van der Waals surface area contributed by atoms with Gasteiger partial charge in [0.25, 0.3) is 11.7 Å². The lowest BCUT2D eigenvalue weighted by Gasteiger charge is -2.24. The van der Waals surface area contributed by atoms with E-state index in [0.29, 0.717) is 23.5 Å². The number of amides is 1. The molecule has 1 saturated carbocycles. The van der Waals surface area contributed by atoms with Gasteiger partial charge in [-0.1, -0.05) is 50.5 Å². The molecule has 1 aliphatic rings. The molecule has 0 saturated heterocycles. The van der Waals surface area contributed by atoms with Crippen LogP contribution in [-0.4, -0.2) is 35.9 Å². The maximum atomic E-state index is 13.1. The van der Waals surface area contributed by atoms with Gasteiger partial charge >= 0.3 is 5.97 Å². The van der Waals surface area contributed by atoms with Crippen LogP contribution < -0.4 is 10.5 Å². The first-order chi connectivity index (χ1) is 16.0. The number of esters is 1. The van der Waals surface area contributed by atoms with Crippen LogP contribution >= 0.6 is 0 Å². The lowest BCUT2D eigenvalue weighted by Crippen LogP contribution is -2.24. The fraction of sp³-hybridized carbons (Fsp3) is 0.423. The van der Waals surface area contributed by atoms with Crippen LogP contribution in [0.15, 0.2) is 30.3 Å². The number of methoxy groups -OCH3 is 1. The Labute approximate surface area is 192 Å². The van der Waals surface area contributed by atoms with Crippen molar-refractivity contribution in [3.8, 4) is 5.75 Å². The molecule has 0 bridgehead atoms. The number of ether oxygens (including phenoxy) is 2. The molecular weight excluding hydrogens is 420 g/mol. The highest BCUT2D eigenvalue weighted by molar-refractivity contribution is 6.45. The second-order valence-electron chi connectivity index (χ2n) is 8.67. The van der Waals surface area contributed by atoms with Crippen LogP contribution in [0.5, 0.6) is 5.75 Å². The number of hydrogen-bond acceptors (Lipinski definition) is 5. The van der Waals surface area contributed by atoms with Gasteiger partial charge in [-0.25, -0.2) is 4.79 Å². The highest BCUT2D eigenvalue weighted by Gasteiger charge is 2.30. The van der Waals surface area contributed by atoms with Crippen molar-refractivity contribution in [2.45, 2.75) is 52.0 Å². The molecule has 3 aromatic rings. The summed E-state index contributed by atoms with van der Waals surface area (Å²) in [6.45, 7) is 2.43. The van der Waals surface area contributed by atoms with Crippen molar-refractivity contribution >= 4 is 39.3 Å². The SMILES string of the molecule is CCc1c(C(=O)C(N)=O)c2c(OCC(=O)OC)cc3ccccc3c2n1CC1CCCCC1. The summed E-state index contributed by atoms with van der Waals surface area (Å²) in [6, 6.07) is 9.68. The zero-order valence-electron chi connectivity index (χ0n) is 19.2. The van der Waals surface area contributed by atoms with Gasteiger partial charge in [0.2, 0.25) is 0 Å². The molecule has 2 aromatic carbocycles. The number of hydrogen-bond donors (Lipinski definition) is 1. The summed E-state index contributed by atoms with van der Waals surface area (Å²) in [7, 11) is 1.29. The first kappa shape index (κ1) is 22.8. The standard InChI is InChI=1S/C26H30N2O5/c1-3-19-22(25(30)26(27)31)23-20(33-15-21(29)32-2)13-17-11-7-8-12-18(17)24(23)28(19)14-16-9-5-4-6-10-16/h7-8,11-13,16H,3-6,9-10,14-15H2,1-2H3,(H2,27,31). The van der Waals surface area contributed by atoms with Gasteiger partial charge in [0, 0.05) is 17.6 Å². The fourth-order valence-corrected chi connectivity index (χ4v) is 5.11. The summed E-state index contributed by atoms with van der Waals surface area (Å²) in [5.41, 5.74) is 7.37. The van der Waals surface area contributed by atoms with E-state index in [0.717, 1.165) is 41.4 Å². The minimum absolute atomic E-state index is 0.279. The summed E-state index contributed by atoms with van der Waals surface area (Å²) < 4.78 is 12.8. The Morgan fingerprint density at radius 2 is 1.85 bits per heavy atom. The third kappa shape index (κ3) is 4.32. The van der Waals surface area contributed by atoms with E-state index in [4.69, 9.17) is 15.2 Å². The molecule has 0 spiro atoms. The lowest BCUT2D eigenvalue weighted by atomic mass is 9.89. The highest BCUT2D eigenvalue weighted by atomic mass is 16.6. The van der Waals surface area contributed by atoms with Crippen molar-refractivity contribution < 1.29 is 23.9 Å². The minimum atomic E-state index is -1.01. The number of ketones is 1. The lowest BCUT2D eigenvalue weighted by molar-refractivity contribution is -0.142. The summed E-state index contributed by atoms with van der Waals surface area (Å²) in [6.07, 6.45) is 6.49. The first-order valence-electron chi connectivity index (χ1n) is 11.6. The number of benzene rings is 2. The molecule has 2 N–H and O–H groups in total. The zero-order chi connectivity index (χ0) is 23.5. The Bertz CT molecular complexity index is 1220. The van der Waals surface area contributed by atoms with Gasteiger partial charge < -0.3 is 19.8 Å². The van der Waals surface area contributed by atoms with E-state index >= 15 is 0 Å². The van der Waals surface area contributed by atoms with Crippen LogP contribution in [0.4, 0.5) is 0 Å². The maximum absolute atomic E-state index is 13.1. The quantitative estimate of drug-likeness (QED) is 0.316. The molecule has 0 unspecified atom stereocenters. The van der Waals surface area contributed by atoms with E-state index in [1.165, 1.54) is 26.4 Å². The van der Waals surface area contributed by atoms with Crippen LogP contribution in [0.25, 0.3) is 21.7 Å². The molecule has 1 aliphatic carbocycles. The average Bonchev–Trinajstić information content (AvgIpc) is 3.16. The van der Waals surface area contributed by atoms with Crippen LogP contribution in [-0.2, 0) is 27.3 Å². The van der Waals surface area contributed by atoms with E-state index in [2.05, 4.69) is 4.57 Å². The van der Waals surface area contributed by atoms with Gasteiger partial charge in [0.15, 0.2) is 6.61 Å². The predicted octanol–water partition coefficient (Wildman–Crippen LogP) is 4.16. The summed E-state index contributed by atoms with van der Waals surface area (Å²) in [5, 5.41) is 2.42. The predicted molar refractivity (Wildman–Crippen MR) is 126 cm³/mol. The minimum Gasteiger partial charge on any atom is -0.481 e. The Morgan fingerprint density at radius 1 is 1.12 bits per heavy atom. The molecule has 7 nitrogen and oxygen atoms in total. The number of primary amides is 1. The number of aromatic nitrogens is 1. The van der Waals surface area contributed by atoms with E-state index < -0.39 is 17.7 Å². The number of nitrogens with two attached hydrogens (primary N) is 1. The molecule has 7 heteroatoms. The van der Waals surface area contributed by atoms with Gasteiger partial charge in [-0.05, 0) is 36.6 Å². The van der Waals surface area contributed by atoms with Crippen LogP contribution in [0.2, 0.25) is 0 Å². The Morgan fingerprint density at radius 3 is 2.52 bits per heavy atom. The molecule has 4 rings (SSSR count). The van der Waals surface area contributed by atoms with Gasteiger partial charge in [0.05, 0.1) is 23.6 Å². The number of carbonyl (C=O) groups is 3. The first-order valence-corrected chi connectivity index (χ1v) is 11.6. The van der Waals surface area contributed by atoms with Gasteiger partial charge in [-0.2, -0.15) is 0 Å². The van der Waals surface area contributed by atoms with E-state index in [-0.39, 0.29) is 12.2 Å². The van der Waals surface area contributed by atoms with E-state index in [9.17, 15) is 14.4 Å². The second-order valence-corrected chi connectivity index (χ2v) is 8.67. The maximum Gasteiger partial charge on any atom is 0.343 e. The van der Waals surface area contributed by atoms with Gasteiger partial charge in [-0.15, -0.1) is 0 Å². The number of fused-ring (bicyclic) bond motifs is 3. The molecule has 1 amide bonds. The number of nitrogens with zero attached hydrogens (tertiary/aromatic N) is 1. The Balaban J connectivity index is 2.03. The third-order valence-corrected chi connectivity index (χ3v) is 6.64. The number of Topliss-reactive ketones (excluding diaryl/α,β-unsaturated/α-hetero) is 1. The Kier molecular flexibility index (Phi) is 6.67.